The highest BCUT2D eigenvalue weighted by Crippen LogP contribution is 2.27. The zero-order chi connectivity index (χ0) is 15.2. The fraction of sp³-hybridized carbons (Fsp3) is 0.412. The molecule has 0 radical (unpaired) electrons. The van der Waals surface area contributed by atoms with Gasteiger partial charge in [-0.25, -0.2) is 0 Å². The van der Waals surface area contributed by atoms with Gasteiger partial charge in [0.1, 0.15) is 0 Å². The van der Waals surface area contributed by atoms with Crippen molar-refractivity contribution < 1.29 is 0 Å². The van der Waals surface area contributed by atoms with Gasteiger partial charge in [-0.15, -0.1) is 11.3 Å². The lowest BCUT2D eigenvalue weighted by Crippen LogP contribution is -2.22. The van der Waals surface area contributed by atoms with Gasteiger partial charge in [0.05, 0.1) is 4.34 Å². The Morgan fingerprint density at radius 1 is 1.24 bits per heavy atom. The monoisotopic (exact) mass is 322 g/mol. The number of halogens is 1. The Morgan fingerprint density at radius 3 is 2.62 bits per heavy atom. The van der Waals surface area contributed by atoms with Crippen molar-refractivity contribution in [3.63, 3.8) is 0 Å². The largest absolute Gasteiger partial charge is 0.378 e. The number of nitrogens with one attached hydrogen (secondary N) is 1. The van der Waals surface area contributed by atoms with Crippen LogP contribution in [-0.2, 0) is 6.54 Å². The summed E-state index contributed by atoms with van der Waals surface area (Å²) in [6.07, 6.45) is 0. The molecule has 0 amide bonds. The van der Waals surface area contributed by atoms with Gasteiger partial charge in [-0.1, -0.05) is 37.6 Å². The number of nitrogens with zero attached hydrogens (tertiary/aromatic N) is 1. The molecule has 1 N–H and O–H groups in total. The van der Waals surface area contributed by atoms with Crippen LogP contribution >= 0.6 is 22.9 Å². The van der Waals surface area contributed by atoms with E-state index in [4.69, 9.17) is 11.6 Å². The number of thiophene rings is 1. The summed E-state index contributed by atoms with van der Waals surface area (Å²) in [4.78, 5) is 2.42. The van der Waals surface area contributed by atoms with Gasteiger partial charge in [0, 0.05) is 18.3 Å². The molecule has 0 bridgehead atoms. The Hall–Kier alpha value is -1.03. The maximum absolute atomic E-state index is 6.01. The number of anilines is 1. The van der Waals surface area contributed by atoms with Crippen LogP contribution in [0.25, 0.3) is 0 Å². The molecule has 1 heterocycles. The molecule has 2 nitrogen and oxygen atoms in total. The molecule has 1 aromatic carbocycles. The van der Waals surface area contributed by atoms with E-state index < -0.39 is 0 Å². The van der Waals surface area contributed by atoms with Crippen molar-refractivity contribution in [1.82, 2.24) is 4.90 Å². The fourth-order valence-corrected chi connectivity index (χ4v) is 3.33. The van der Waals surface area contributed by atoms with E-state index in [-0.39, 0.29) is 6.04 Å². The summed E-state index contributed by atoms with van der Waals surface area (Å²) in [5, 5.41) is 5.66. The van der Waals surface area contributed by atoms with Crippen LogP contribution in [0.15, 0.2) is 35.7 Å². The molecule has 0 aliphatic carbocycles. The minimum absolute atomic E-state index is 0.262. The van der Waals surface area contributed by atoms with Gasteiger partial charge in [0.2, 0.25) is 0 Å². The molecule has 1 atom stereocenters. The Balaban J connectivity index is 2.03. The first-order valence-electron chi connectivity index (χ1n) is 7.44. The molecule has 114 valence electrons. The fourth-order valence-electron chi connectivity index (χ4n) is 2.35. The maximum Gasteiger partial charge on any atom is 0.0931 e. The van der Waals surface area contributed by atoms with E-state index in [1.54, 1.807) is 11.3 Å². The Morgan fingerprint density at radius 2 is 2.00 bits per heavy atom. The van der Waals surface area contributed by atoms with Crippen LogP contribution in [0.2, 0.25) is 4.34 Å². The number of hydrogen-bond donors (Lipinski definition) is 1. The highest BCUT2D eigenvalue weighted by atomic mass is 35.5. The van der Waals surface area contributed by atoms with Crippen molar-refractivity contribution in [2.45, 2.75) is 33.4 Å². The summed E-state index contributed by atoms with van der Waals surface area (Å²) in [5.41, 5.74) is 3.74. The van der Waals surface area contributed by atoms with Crippen LogP contribution in [0, 0.1) is 0 Å². The molecule has 2 aromatic rings. The molecule has 21 heavy (non-hydrogen) atoms. The van der Waals surface area contributed by atoms with E-state index in [0.717, 1.165) is 29.7 Å². The highest BCUT2D eigenvalue weighted by molar-refractivity contribution is 7.14. The van der Waals surface area contributed by atoms with Gasteiger partial charge in [-0.05, 0) is 54.7 Å². The molecule has 0 aliphatic heterocycles. The lowest BCUT2D eigenvalue weighted by molar-refractivity contribution is 0.296. The second kappa shape index (κ2) is 7.83. The quantitative estimate of drug-likeness (QED) is 0.732. The highest BCUT2D eigenvalue weighted by Gasteiger charge is 2.08. The molecule has 2 rings (SSSR count). The molecule has 1 unspecified atom stereocenters. The summed E-state index contributed by atoms with van der Waals surface area (Å²) in [7, 11) is 0. The standard InChI is InChI=1S/C17H23ClN2S/c1-4-20(5-2)11-14-7-6-8-16(9-14)19-13(3)15-10-17(18)21-12-15/h6-10,12-13,19H,4-5,11H2,1-3H3. The van der Waals surface area contributed by atoms with Crippen molar-refractivity contribution >= 4 is 28.6 Å². The van der Waals surface area contributed by atoms with E-state index in [1.807, 2.05) is 6.07 Å². The summed E-state index contributed by atoms with van der Waals surface area (Å²) in [6, 6.07) is 11.0. The maximum atomic E-state index is 6.01. The SMILES string of the molecule is CCN(CC)Cc1cccc(NC(C)c2csc(Cl)c2)c1. The van der Waals surface area contributed by atoms with Gasteiger partial charge in [-0.3, -0.25) is 4.90 Å². The topological polar surface area (TPSA) is 15.3 Å². The molecule has 0 saturated heterocycles. The van der Waals surface area contributed by atoms with Crippen molar-refractivity contribution in [3.05, 3.63) is 51.2 Å². The average Bonchev–Trinajstić information content (AvgIpc) is 2.92. The van der Waals surface area contributed by atoms with Gasteiger partial charge in [0.15, 0.2) is 0 Å². The van der Waals surface area contributed by atoms with Crippen LogP contribution in [0.3, 0.4) is 0 Å². The van der Waals surface area contributed by atoms with E-state index >= 15 is 0 Å². The predicted octanol–water partition coefficient (Wildman–Crippen LogP) is 5.42. The van der Waals surface area contributed by atoms with Crippen molar-refractivity contribution in [1.29, 1.82) is 0 Å². The van der Waals surface area contributed by atoms with Crippen LogP contribution < -0.4 is 5.32 Å². The van der Waals surface area contributed by atoms with E-state index in [9.17, 15) is 0 Å². The zero-order valence-electron chi connectivity index (χ0n) is 12.9. The Kier molecular flexibility index (Phi) is 6.09. The number of benzene rings is 1. The molecule has 1 aromatic heterocycles. The Bertz CT molecular complexity index is 563. The van der Waals surface area contributed by atoms with E-state index in [2.05, 4.69) is 60.6 Å². The third-order valence-electron chi connectivity index (χ3n) is 3.70. The second-order valence-electron chi connectivity index (χ2n) is 5.21. The minimum atomic E-state index is 0.262. The minimum Gasteiger partial charge on any atom is -0.378 e. The van der Waals surface area contributed by atoms with Crippen LogP contribution in [0.1, 0.15) is 37.9 Å². The number of hydrogen-bond acceptors (Lipinski definition) is 3. The summed E-state index contributed by atoms with van der Waals surface area (Å²) in [5.74, 6) is 0. The molecule has 4 heteroatoms. The van der Waals surface area contributed by atoms with E-state index in [1.165, 1.54) is 11.1 Å². The van der Waals surface area contributed by atoms with Crippen molar-refractivity contribution in [2.75, 3.05) is 18.4 Å². The molecule has 0 spiro atoms. The van der Waals surface area contributed by atoms with Gasteiger partial charge in [0.25, 0.3) is 0 Å². The summed E-state index contributed by atoms with van der Waals surface area (Å²) >= 11 is 7.59. The number of rotatable bonds is 7. The van der Waals surface area contributed by atoms with Crippen molar-refractivity contribution in [2.24, 2.45) is 0 Å². The lowest BCUT2D eigenvalue weighted by atomic mass is 10.1. The van der Waals surface area contributed by atoms with Crippen molar-refractivity contribution in [3.8, 4) is 0 Å². The molecular formula is C17H23ClN2S. The first-order chi connectivity index (χ1) is 10.1. The lowest BCUT2D eigenvalue weighted by Gasteiger charge is -2.19. The normalized spacial score (nSPS) is 12.6. The third-order valence-corrected chi connectivity index (χ3v) is 4.81. The molecule has 0 fully saturated rings. The van der Waals surface area contributed by atoms with Crippen LogP contribution in [-0.4, -0.2) is 18.0 Å². The first kappa shape index (κ1) is 16.3. The molecule has 0 aliphatic rings. The van der Waals surface area contributed by atoms with Crippen LogP contribution in [0.5, 0.6) is 0 Å². The smallest absolute Gasteiger partial charge is 0.0931 e. The van der Waals surface area contributed by atoms with Gasteiger partial charge >= 0.3 is 0 Å². The molecular weight excluding hydrogens is 300 g/mol. The molecule has 0 saturated carbocycles. The summed E-state index contributed by atoms with van der Waals surface area (Å²) in [6.45, 7) is 9.73. The third kappa shape index (κ3) is 4.73. The summed E-state index contributed by atoms with van der Waals surface area (Å²) < 4.78 is 0.842. The average molecular weight is 323 g/mol. The Labute approximate surface area is 136 Å². The van der Waals surface area contributed by atoms with Crippen LogP contribution in [0.4, 0.5) is 5.69 Å². The zero-order valence-corrected chi connectivity index (χ0v) is 14.5. The van der Waals surface area contributed by atoms with E-state index in [0.29, 0.717) is 0 Å². The van der Waals surface area contributed by atoms with Gasteiger partial charge < -0.3 is 5.32 Å². The predicted molar refractivity (Wildman–Crippen MR) is 94.4 cm³/mol. The second-order valence-corrected chi connectivity index (χ2v) is 6.75. The van der Waals surface area contributed by atoms with Gasteiger partial charge in [-0.2, -0.15) is 0 Å². The first-order valence-corrected chi connectivity index (χ1v) is 8.69.